The Balaban J connectivity index is 3.35. The molecule has 1 N–H and O–H groups in total. The van der Waals surface area contributed by atoms with Crippen LogP contribution in [0.5, 0.6) is 0 Å². The van der Waals surface area contributed by atoms with Crippen LogP contribution in [0.3, 0.4) is 0 Å². The summed E-state index contributed by atoms with van der Waals surface area (Å²) in [6.45, 7) is 4.17. The predicted octanol–water partition coefficient (Wildman–Crippen LogP) is 6.33. The minimum atomic E-state index is -3.95. The number of phosphoric ester groups is 1. The number of phosphoric acid groups is 1. The van der Waals surface area contributed by atoms with Crippen LogP contribution in [0.1, 0.15) is 97.3 Å². The van der Waals surface area contributed by atoms with Gasteiger partial charge in [-0.25, -0.2) is 4.57 Å². The van der Waals surface area contributed by atoms with Gasteiger partial charge in [0.15, 0.2) is 0 Å². The molecule has 0 rings (SSSR count). The lowest BCUT2D eigenvalue weighted by Crippen LogP contribution is -2.07. The Bertz CT molecular complexity index is 439. The second kappa shape index (κ2) is 19.6. The number of carbonyl (C=O) groups is 1. The Morgan fingerprint density at radius 3 is 2.07 bits per heavy atom. The van der Waals surface area contributed by atoms with E-state index in [1.54, 1.807) is 6.92 Å². The smallest absolute Gasteiger partial charge is 0.466 e. The summed E-state index contributed by atoms with van der Waals surface area (Å²) in [4.78, 5) is 20.8. The van der Waals surface area contributed by atoms with Gasteiger partial charge in [0.2, 0.25) is 0 Å². The molecule has 0 amide bonds. The number of hydrogen-bond donors (Lipinski definition) is 1. The topological polar surface area (TPSA) is 82.1 Å². The molecule has 1 atom stereocenters. The van der Waals surface area contributed by atoms with Gasteiger partial charge in [0, 0.05) is 12.8 Å². The van der Waals surface area contributed by atoms with Gasteiger partial charge in [-0.05, 0) is 39.0 Å². The summed E-state index contributed by atoms with van der Waals surface area (Å²) < 4.78 is 25.6. The fourth-order valence-corrected chi connectivity index (χ4v) is 3.44. The minimum Gasteiger partial charge on any atom is -0.466 e. The van der Waals surface area contributed by atoms with Crippen molar-refractivity contribution in [3.05, 3.63) is 12.2 Å². The zero-order valence-electron chi connectivity index (χ0n) is 17.9. The summed E-state index contributed by atoms with van der Waals surface area (Å²) in [6, 6.07) is 0. The van der Waals surface area contributed by atoms with Crippen LogP contribution < -0.4 is 0 Å². The van der Waals surface area contributed by atoms with Crippen LogP contribution in [-0.2, 0) is 23.1 Å². The fraction of sp³-hybridized carbons (Fsp3) is 0.857. The monoisotopic (exact) mass is 420 g/mol. The molecule has 0 aliphatic rings. The van der Waals surface area contributed by atoms with Crippen molar-refractivity contribution in [1.29, 1.82) is 0 Å². The molecule has 0 fully saturated rings. The Morgan fingerprint density at radius 1 is 0.821 bits per heavy atom. The molecular formula is C21H41O6P. The van der Waals surface area contributed by atoms with E-state index in [-0.39, 0.29) is 25.8 Å². The van der Waals surface area contributed by atoms with Gasteiger partial charge in [0.05, 0.1) is 19.8 Å². The molecule has 0 bridgehead atoms. The largest absolute Gasteiger partial charge is 0.472 e. The molecule has 0 radical (unpaired) electrons. The summed E-state index contributed by atoms with van der Waals surface area (Å²) in [5.74, 6) is -0.219. The summed E-state index contributed by atoms with van der Waals surface area (Å²) in [6.07, 6.45) is 18.5. The van der Waals surface area contributed by atoms with E-state index >= 15 is 0 Å². The first-order chi connectivity index (χ1) is 13.5. The number of carbonyl (C=O) groups excluding carboxylic acids is 1. The zero-order chi connectivity index (χ0) is 20.9. The average molecular weight is 421 g/mol. The summed E-state index contributed by atoms with van der Waals surface area (Å²) in [7, 11) is -3.95. The molecule has 0 heterocycles. The molecule has 1 unspecified atom stereocenters. The quantitative estimate of drug-likeness (QED) is 0.107. The van der Waals surface area contributed by atoms with Gasteiger partial charge in [0.1, 0.15) is 0 Å². The third-order valence-corrected chi connectivity index (χ3v) is 5.33. The maximum absolute atomic E-state index is 11.6. The number of allylic oxidation sites excluding steroid dienone is 2. The second-order valence-electron chi connectivity index (χ2n) is 6.92. The first-order valence-corrected chi connectivity index (χ1v) is 12.4. The van der Waals surface area contributed by atoms with Crippen LogP contribution in [0, 0.1) is 0 Å². The molecule has 0 saturated heterocycles. The molecule has 0 spiro atoms. The van der Waals surface area contributed by atoms with E-state index < -0.39 is 7.82 Å². The van der Waals surface area contributed by atoms with Crippen LogP contribution in [0.4, 0.5) is 0 Å². The Morgan fingerprint density at radius 2 is 1.43 bits per heavy atom. The van der Waals surface area contributed by atoms with E-state index in [4.69, 9.17) is 9.26 Å². The Hall–Kier alpha value is -0.680. The SMILES string of the molecule is CCCCCC/C=C\CCCCCCCC(=O)OCCCOP(=O)(O)OCC. The van der Waals surface area contributed by atoms with Crippen LogP contribution in [-0.4, -0.2) is 30.7 Å². The molecule has 0 aromatic heterocycles. The molecule has 6 nitrogen and oxygen atoms in total. The van der Waals surface area contributed by atoms with Gasteiger partial charge in [-0.1, -0.05) is 57.6 Å². The van der Waals surface area contributed by atoms with Crippen LogP contribution in [0.25, 0.3) is 0 Å². The molecule has 28 heavy (non-hydrogen) atoms. The van der Waals surface area contributed by atoms with Crippen LogP contribution >= 0.6 is 7.82 Å². The van der Waals surface area contributed by atoms with E-state index in [0.29, 0.717) is 12.8 Å². The van der Waals surface area contributed by atoms with Gasteiger partial charge in [-0.15, -0.1) is 0 Å². The average Bonchev–Trinajstić information content (AvgIpc) is 2.65. The lowest BCUT2D eigenvalue weighted by atomic mass is 10.1. The highest BCUT2D eigenvalue weighted by atomic mass is 31.2. The van der Waals surface area contributed by atoms with E-state index in [1.165, 1.54) is 44.9 Å². The zero-order valence-corrected chi connectivity index (χ0v) is 18.8. The highest BCUT2D eigenvalue weighted by Crippen LogP contribution is 2.42. The fourth-order valence-electron chi connectivity index (χ4n) is 2.68. The van der Waals surface area contributed by atoms with Crippen molar-refractivity contribution in [2.45, 2.75) is 97.3 Å². The van der Waals surface area contributed by atoms with Gasteiger partial charge in [-0.2, -0.15) is 0 Å². The molecule has 0 aromatic carbocycles. The maximum atomic E-state index is 11.6. The number of rotatable bonds is 20. The predicted molar refractivity (Wildman–Crippen MR) is 113 cm³/mol. The third-order valence-electron chi connectivity index (χ3n) is 4.24. The van der Waals surface area contributed by atoms with E-state index in [0.717, 1.165) is 25.7 Å². The second-order valence-corrected chi connectivity index (χ2v) is 8.37. The van der Waals surface area contributed by atoms with Crippen molar-refractivity contribution in [3.63, 3.8) is 0 Å². The highest BCUT2D eigenvalue weighted by Gasteiger charge is 2.19. The third kappa shape index (κ3) is 20.1. The molecule has 0 aliphatic heterocycles. The van der Waals surface area contributed by atoms with Crippen LogP contribution in [0.15, 0.2) is 12.2 Å². The number of ether oxygens (including phenoxy) is 1. The lowest BCUT2D eigenvalue weighted by Gasteiger charge is -2.10. The molecular weight excluding hydrogens is 379 g/mol. The molecule has 0 aliphatic carbocycles. The lowest BCUT2D eigenvalue weighted by molar-refractivity contribution is -0.144. The minimum absolute atomic E-state index is 0.0221. The van der Waals surface area contributed by atoms with Crippen LogP contribution in [0.2, 0.25) is 0 Å². The Kier molecular flexibility index (Phi) is 19.2. The van der Waals surface area contributed by atoms with Gasteiger partial charge in [0.25, 0.3) is 0 Å². The van der Waals surface area contributed by atoms with Gasteiger partial charge < -0.3 is 9.63 Å². The first-order valence-electron chi connectivity index (χ1n) is 10.9. The molecule has 0 saturated carbocycles. The number of unbranched alkanes of at least 4 members (excludes halogenated alkanes) is 9. The summed E-state index contributed by atoms with van der Waals surface area (Å²) >= 11 is 0. The standard InChI is InChI=1S/C21H41O6P/c1-3-5-6-7-8-9-10-11-12-13-14-15-16-18-21(22)25-19-17-20-27-28(23,24)26-4-2/h9-10H,3-8,11-20H2,1-2H3,(H,23,24)/b10-9-. The Labute approximate surface area is 171 Å². The van der Waals surface area contributed by atoms with Crippen molar-refractivity contribution < 1.29 is 28.0 Å². The van der Waals surface area contributed by atoms with Crippen molar-refractivity contribution in [3.8, 4) is 0 Å². The molecule has 0 aromatic rings. The van der Waals surface area contributed by atoms with Crippen molar-refractivity contribution in [2.75, 3.05) is 19.8 Å². The van der Waals surface area contributed by atoms with Crippen molar-refractivity contribution in [2.24, 2.45) is 0 Å². The number of hydrogen-bond acceptors (Lipinski definition) is 5. The van der Waals surface area contributed by atoms with Crippen molar-refractivity contribution in [1.82, 2.24) is 0 Å². The normalized spacial score (nSPS) is 13.7. The van der Waals surface area contributed by atoms with E-state index in [9.17, 15) is 14.3 Å². The van der Waals surface area contributed by atoms with E-state index in [2.05, 4.69) is 23.6 Å². The first kappa shape index (κ1) is 27.3. The van der Waals surface area contributed by atoms with Crippen molar-refractivity contribution >= 4 is 13.8 Å². The molecule has 7 heteroatoms. The summed E-state index contributed by atoms with van der Waals surface area (Å²) in [5.41, 5.74) is 0. The molecule has 166 valence electrons. The summed E-state index contributed by atoms with van der Waals surface area (Å²) in [5, 5.41) is 0. The maximum Gasteiger partial charge on any atom is 0.472 e. The number of esters is 1. The van der Waals surface area contributed by atoms with Gasteiger partial charge >= 0.3 is 13.8 Å². The van der Waals surface area contributed by atoms with Gasteiger partial charge in [-0.3, -0.25) is 13.8 Å². The van der Waals surface area contributed by atoms with E-state index in [1.807, 2.05) is 0 Å². The highest BCUT2D eigenvalue weighted by molar-refractivity contribution is 7.47.